The third kappa shape index (κ3) is 4.17. The van der Waals surface area contributed by atoms with Crippen LogP contribution in [-0.4, -0.2) is 35.7 Å². The molecule has 0 aromatic carbocycles. The molecule has 0 spiro atoms. The Hall–Kier alpha value is -2.20. The molecule has 0 aliphatic rings. The molecule has 1 heterocycles. The smallest absolute Gasteiger partial charge is 0.439 e. The summed E-state index contributed by atoms with van der Waals surface area (Å²) in [4.78, 5) is 14.8. The lowest BCUT2D eigenvalue weighted by Gasteiger charge is -2.38. The standard InChI is InChI=1S/C12H13F6N3O2/c1-3-23-9(22)21-10(11(13,14)15,12(16,17)18)20-8-6-4-5-7(2)19-8/h4-6H,3H2,1-2H3,(H,19,20)(H,21,22). The van der Waals surface area contributed by atoms with E-state index in [1.807, 2.05) is 0 Å². The number of nitrogens with one attached hydrogen (secondary N) is 2. The minimum absolute atomic E-state index is 0.185. The number of rotatable bonds is 4. The zero-order valence-electron chi connectivity index (χ0n) is 12.0. The van der Waals surface area contributed by atoms with Gasteiger partial charge in [0, 0.05) is 5.69 Å². The molecule has 0 saturated heterocycles. The van der Waals surface area contributed by atoms with Crippen molar-refractivity contribution < 1.29 is 35.9 Å². The molecule has 0 aliphatic carbocycles. The van der Waals surface area contributed by atoms with E-state index >= 15 is 0 Å². The average molecular weight is 345 g/mol. The maximum Gasteiger partial charge on any atom is 0.439 e. The number of aryl methyl sites for hydroxylation is 1. The van der Waals surface area contributed by atoms with Gasteiger partial charge in [0.25, 0.3) is 0 Å². The van der Waals surface area contributed by atoms with E-state index in [9.17, 15) is 31.1 Å². The van der Waals surface area contributed by atoms with E-state index in [1.165, 1.54) is 31.3 Å². The Balaban J connectivity index is 3.35. The minimum atomic E-state index is -5.91. The van der Waals surface area contributed by atoms with Crippen molar-refractivity contribution in [3.8, 4) is 0 Å². The maximum atomic E-state index is 13.2. The molecule has 1 amide bonds. The summed E-state index contributed by atoms with van der Waals surface area (Å²) < 4.78 is 83.2. The number of aromatic nitrogens is 1. The van der Waals surface area contributed by atoms with Crippen LogP contribution in [0.25, 0.3) is 0 Å². The van der Waals surface area contributed by atoms with Crippen molar-refractivity contribution in [2.75, 3.05) is 11.9 Å². The molecule has 0 unspecified atom stereocenters. The molecular weight excluding hydrogens is 332 g/mol. The first kappa shape index (κ1) is 18.8. The van der Waals surface area contributed by atoms with Crippen molar-refractivity contribution in [1.82, 2.24) is 10.3 Å². The minimum Gasteiger partial charge on any atom is -0.450 e. The van der Waals surface area contributed by atoms with Gasteiger partial charge >= 0.3 is 24.1 Å². The number of halogens is 6. The molecule has 5 nitrogen and oxygen atoms in total. The van der Waals surface area contributed by atoms with Gasteiger partial charge in [-0.05, 0) is 26.0 Å². The van der Waals surface area contributed by atoms with E-state index in [4.69, 9.17) is 0 Å². The lowest BCUT2D eigenvalue weighted by atomic mass is 10.1. The summed E-state index contributed by atoms with van der Waals surface area (Å²) in [6.07, 6.45) is -13.7. The molecule has 0 atom stereocenters. The topological polar surface area (TPSA) is 63.2 Å². The second-order valence-corrected chi connectivity index (χ2v) is 4.38. The highest BCUT2D eigenvalue weighted by Gasteiger charge is 2.73. The van der Waals surface area contributed by atoms with Crippen molar-refractivity contribution in [3.05, 3.63) is 23.9 Å². The number of hydrogen-bond acceptors (Lipinski definition) is 4. The van der Waals surface area contributed by atoms with Crippen molar-refractivity contribution in [2.45, 2.75) is 31.9 Å². The average Bonchev–Trinajstić information content (AvgIpc) is 2.35. The number of amides is 1. The van der Waals surface area contributed by atoms with Gasteiger partial charge in [0.05, 0.1) is 6.61 Å². The highest BCUT2D eigenvalue weighted by atomic mass is 19.4. The summed E-state index contributed by atoms with van der Waals surface area (Å²) >= 11 is 0. The molecule has 0 saturated carbocycles. The number of ether oxygens (including phenoxy) is 1. The number of alkyl carbamates (subject to hydrolysis) is 1. The van der Waals surface area contributed by atoms with E-state index in [0.29, 0.717) is 0 Å². The Kier molecular flexibility index (Phi) is 5.33. The summed E-state index contributed by atoms with van der Waals surface area (Å²) in [6, 6.07) is 3.51. The third-order valence-corrected chi connectivity index (χ3v) is 2.62. The number of pyridine rings is 1. The highest BCUT2D eigenvalue weighted by molar-refractivity contribution is 5.69. The molecule has 2 N–H and O–H groups in total. The Labute approximate surface area is 127 Å². The molecule has 130 valence electrons. The first-order valence-corrected chi connectivity index (χ1v) is 6.23. The maximum absolute atomic E-state index is 13.2. The lowest BCUT2D eigenvalue weighted by molar-refractivity contribution is -0.295. The second kappa shape index (κ2) is 6.50. The molecule has 1 rings (SSSR count). The van der Waals surface area contributed by atoms with Crippen LogP contribution in [-0.2, 0) is 4.74 Å². The van der Waals surface area contributed by atoms with Gasteiger partial charge in [0.1, 0.15) is 5.82 Å². The van der Waals surface area contributed by atoms with Crippen LogP contribution in [0.5, 0.6) is 0 Å². The Morgan fingerprint density at radius 2 is 1.74 bits per heavy atom. The zero-order valence-corrected chi connectivity index (χ0v) is 12.0. The van der Waals surface area contributed by atoms with Gasteiger partial charge in [0.2, 0.25) is 0 Å². The third-order valence-electron chi connectivity index (χ3n) is 2.62. The summed E-state index contributed by atoms with van der Waals surface area (Å²) in [6.45, 7) is 2.21. The van der Waals surface area contributed by atoms with Crippen LogP contribution in [0, 0.1) is 6.92 Å². The van der Waals surface area contributed by atoms with E-state index < -0.39 is 36.5 Å². The second-order valence-electron chi connectivity index (χ2n) is 4.38. The van der Waals surface area contributed by atoms with Crippen LogP contribution in [0.2, 0.25) is 0 Å². The molecule has 0 aliphatic heterocycles. The number of alkyl halides is 6. The van der Waals surface area contributed by atoms with Crippen molar-refractivity contribution >= 4 is 11.9 Å². The summed E-state index contributed by atoms with van der Waals surface area (Å²) in [5, 5.41) is 2.05. The van der Waals surface area contributed by atoms with E-state index in [2.05, 4.69) is 9.72 Å². The van der Waals surface area contributed by atoms with Crippen molar-refractivity contribution in [3.63, 3.8) is 0 Å². The largest absolute Gasteiger partial charge is 0.450 e. The summed E-state index contributed by atoms with van der Waals surface area (Å²) in [5.74, 6) is -0.712. The van der Waals surface area contributed by atoms with Crippen LogP contribution in [0.1, 0.15) is 12.6 Å². The normalized spacial score (nSPS) is 12.7. The van der Waals surface area contributed by atoms with Crippen LogP contribution in [0.15, 0.2) is 18.2 Å². The quantitative estimate of drug-likeness (QED) is 0.649. The summed E-state index contributed by atoms with van der Waals surface area (Å²) in [7, 11) is 0. The number of nitrogens with zero attached hydrogens (tertiary/aromatic N) is 1. The van der Waals surface area contributed by atoms with Gasteiger partial charge in [-0.15, -0.1) is 0 Å². The van der Waals surface area contributed by atoms with Crippen LogP contribution in [0.3, 0.4) is 0 Å². The zero-order chi connectivity index (χ0) is 17.9. The van der Waals surface area contributed by atoms with Gasteiger partial charge in [-0.2, -0.15) is 26.3 Å². The fraction of sp³-hybridized carbons (Fsp3) is 0.500. The van der Waals surface area contributed by atoms with Gasteiger partial charge in [-0.25, -0.2) is 9.78 Å². The van der Waals surface area contributed by atoms with E-state index in [1.54, 1.807) is 0 Å². The Bertz CT molecular complexity index is 544. The Morgan fingerprint density at radius 1 is 1.17 bits per heavy atom. The monoisotopic (exact) mass is 345 g/mol. The molecule has 1 aromatic rings. The molecule has 0 radical (unpaired) electrons. The number of hydrogen-bond donors (Lipinski definition) is 2. The van der Waals surface area contributed by atoms with Gasteiger partial charge in [0.15, 0.2) is 0 Å². The lowest BCUT2D eigenvalue weighted by Crippen LogP contribution is -2.72. The predicted molar refractivity (Wildman–Crippen MR) is 67.6 cm³/mol. The number of carbonyl (C=O) groups excluding carboxylic acids is 1. The molecule has 11 heteroatoms. The van der Waals surface area contributed by atoms with Crippen LogP contribution >= 0.6 is 0 Å². The fourth-order valence-corrected chi connectivity index (χ4v) is 1.60. The molecule has 1 aromatic heterocycles. The van der Waals surface area contributed by atoms with Gasteiger partial charge in [-0.1, -0.05) is 6.07 Å². The van der Waals surface area contributed by atoms with Crippen molar-refractivity contribution in [2.24, 2.45) is 0 Å². The fourth-order valence-electron chi connectivity index (χ4n) is 1.60. The summed E-state index contributed by atoms with van der Waals surface area (Å²) in [5.41, 5.74) is -4.56. The Morgan fingerprint density at radius 3 is 2.17 bits per heavy atom. The van der Waals surface area contributed by atoms with E-state index in [0.717, 1.165) is 11.4 Å². The molecule has 23 heavy (non-hydrogen) atoms. The van der Waals surface area contributed by atoms with E-state index in [-0.39, 0.29) is 5.69 Å². The highest BCUT2D eigenvalue weighted by Crippen LogP contribution is 2.43. The van der Waals surface area contributed by atoms with Crippen molar-refractivity contribution in [1.29, 1.82) is 0 Å². The molecule has 0 bridgehead atoms. The SMILES string of the molecule is CCOC(=O)NC(Nc1cccc(C)n1)(C(F)(F)F)C(F)(F)F. The number of anilines is 1. The van der Waals surface area contributed by atoms with Crippen LogP contribution in [0.4, 0.5) is 37.0 Å². The first-order valence-electron chi connectivity index (χ1n) is 6.23. The predicted octanol–water partition coefficient (Wildman–Crippen LogP) is 3.37. The van der Waals surface area contributed by atoms with Crippen LogP contribution < -0.4 is 10.6 Å². The van der Waals surface area contributed by atoms with Gasteiger partial charge < -0.3 is 10.1 Å². The number of carbonyl (C=O) groups is 1. The first-order chi connectivity index (χ1) is 10.4. The van der Waals surface area contributed by atoms with Gasteiger partial charge in [-0.3, -0.25) is 5.32 Å². The molecular formula is C12H13F6N3O2. The molecule has 0 fully saturated rings.